The van der Waals surface area contributed by atoms with E-state index in [1.807, 2.05) is 0 Å². The van der Waals surface area contributed by atoms with Crippen LogP contribution in [-0.4, -0.2) is 29.2 Å². The van der Waals surface area contributed by atoms with Crippen molar-refractivity contribution in [1.29, 1.82) is 0 Å². The Morgan fingerprint density at radius 3 is 2.38 bits per heavy atom. The van der Waals surface area contributed by atoms with Gasteiger partial charge in [-0.25, -0.2) is 0 Å². The molecule has 0 aliphatic carbocycles. The number of amides is 1. The quantitative estimate of drug-likeness (QED) is 0.391. The van der Waals surface area contributed by atoms with Gasteiger partial charge in [0, 0.05) is 5.57 Å². The van der Waals surface area contributed by atoms with E-state index >= 15 is 0 Å². The summed E-state index contributed by atoms with van der Waals surface area (Å²) in [4.78, 5) is 32.3. The summed E-state index contributed by atoms with van der Waals surface area (Å²) in [6, 6.07) is 0. The van der Waals surface area contributed by atoms with E-state index < -0.39 is 24.1 Å². The van der Waals surface area contributed by atoms with E-state index in [1.54, 1.807) is 0 Å². The first-order chi connectivity index (χ1) is 7.32. The van der Waals surface area contributed by atoms with Crippen molar-refractivity contribution < 1.29 is 24.2 Å². The molecule has 6 nitrogen and oxygen atoms in total. The molecule has 0 heterocycles. The van der Waals surface area contributed by atoms with Gasteiger partial charge < -0.3 is 15.2 Å². The summed E-state index contributed by atoms with van der Waals surface area (Å²) in [6.07, 6.45) is -1.31. The number of ether oxygens (including phenoxy) is 1. The highest BCUT2D eigenvalue weighted by Gasteiger charge is 2.13. The van der Waals surface area contributed by atoms with Crippen molar-refractivity contribution in [3.05, 3.63) is 12.2 Å². The molecule has 0 spiro atoms. The molecular weight excluding hydrogens is 214 g/mol. The molecule has 0 fully saturated rings. The van der Waals surface area contributed by atoms with Gasteiger partial charge in [0.1, 0.15) is 0 Å². The molecule has 0 saturated heterocycles. The summed E-state index contributed by atoms with van der Waals surface area (Å²) in [5.41, 5.74) is 0.299. The highest BCUT2D eigenvalue weighted by molar-refractivity contribution is 5.92. The number of carbonyl (C=O) groups is 3. The zero-order valence-electron chi connectivity index (χ0n) is 9.28. The third kappa shape index (κ3) is 6.58. The van der Waals surface area contributed by atoms with Crippen LogP contribution in [0.1, 0.15) is 26.7 Å². The van der Waals surface area contributed by atoms with Crippen molar-refractivity contribution in [1.82, 2.24) is 5.32 Å². The van der Waals surface area contributed by atoms with E-state index in [2.05, 4.69) is 11.9 Å². The molecule has 2 N–H and O–H groups in total. The molecule has 90 valence electrons. The molecule has 1 atom stereocenters. The van der Waals surface area contributed by atoms with Gasteiger partial charge in [-0.15, -0.1) is 0 Å². The number of hydrogen-bond acceptors (Lipinski definition) is 4. The predicted octanol–water partition coefficient (Wildman–Crippen LogP) is 0.433. The van der Waals surface area contributed by atoms with E-state index in [0.29, 0.717) is 5.57 Å². The molecule has 0 aliphatic rings. The van der Waals surface area contributed by atoms with Gasteiger partial charge in [0.2, 0.25) is 5.91 Å². The first kappa shape index (κ1) is 14.2. The highest BCUT2D eigenvalue weighted by atomic mass is 16.6. The summed E-state index contributed by atoms with van der Waals surface area (Å²) in [5, 5.41) is 10.7. The Balaban J connectivity index is 3.91. The Morgan fingerprint density at radius 2 is 1.94 bits per heavy atom. The van der Waals surface area contributed by atoms with Gasteiger partial charge in [-0.05, 0) is 13.8 Å². The lowest BCUT2D eigenvalue weighted by Crippen LogP contribution is -2.36. The average Bonchev–Trinajstić information content (AvgIpc) is 2.14. The smallest absolute Gasteiger partial charge is 0.308 e. The van der Waals surface area contributed by atoms with Gasteiger partial charge in [-0.1, -0.05) is 6.58 Å². The van der Waals surface area contributed by atoms with Crippen molar-refractivity contribution in [3.8, 4) is 0 Å². The summed E-state index contributed by atoms with van der Waals surface area (Å²) < 4.78 is 4.75. The maximum Gasteiger partial charge on any atom is 0.308 e. The predicted molar refractivity (Wildman–Crippen MR) is 55.4 cm³/mol. The third-order valence-electron chi connectivity index (χ3n) is 1.57. The van der Waals surface area contributed by atoms with Crippen LogP contribution in [0.5, 0.6) is 0 Å². The lowest BCUT2D eigenvalue weighted by molar-refractivity contribution is -0.153. The topological polar surface area (TPSA) is 92.7 Å². The average molecular weight is 229 g/mol. The second-order valence-corrected chi connectivity index (χ2v) is 3.28. The molecular formula is C10H15NO5. The Hall–Kier alpha value is -1.85. The highest BCUT2D eigenvalue weighted by Crippen LogP contribution is 1.97. The number of nitrogens with one attached hydrogen (secondary N) is 1. The normalized spacial score (nSPS) is 11.4. The number of aliphatic carboxylic acids is 1. The van der Waals surface area contributed by atoms with Crippen molar-refractivity contribution >= 4 is 17.8 Å². The van der Waals surface area contributed by atoms with Crippen LogP contribution in [0.15, 0.2) is 12.2 Å². The largest absolute Gasteiger partial charge is 0.481 e. The minimum absolute atomic E-state index is 0.220. The van der Waals surface area contributed by atoms with Crippen molar-refractivity contribution in [2.24, 2.45) is 0 Å². The summed E-state index contributed by atoms with van der Waals surface area (Å²) >= 11 is 0. The van der Waals surface area contributed by atoms with Crippen LogP contribution in [0.4, 0.5) is 0 Å². The van der Waals surface area contributed by atoms with Gasteiger partial charge in [0.25, 0.3) is 0 Å². The fourth-order valence-corrected chi connectivity index (χ4v) is 0.802. The Labute approximate surface area is 93.3 Å². The zero-order valence-corrected chi connectivity index (χ0v) is 9.28. The lowest BCUT2D eigenvalue weighted by atomic mass is 10.3. The van der Waals surface area contributed by atoms with Crippen LogP contribution in [0.3, 0.4) is 0 Å². The molecule has 0 aromatic carbocycles. The number of carboxylic acid groups (broad SMARTS) is 1. The number of esters is 1. The minimum atomic E-state index is -1.07. The Kier molecular flexibility index (Phi) is 5.84. The number of carbonyl (C=O) groups excluding carboxylic acids is 2. The molecule has 1 unspecified atom stereocenters. The maximum atomic E-state index is 11.1. The molecule has 0 aliphatic heterocycles. The van der Waals surface area contributed by atoms with Crippen LogP contribution in [0.25, 0.3) is 0 Å². The van der Waals surface area contributed by atoms with E-state index in [9.17, 15) is 14.4 Å². The van der Waals surface area contributed by atoms with Gasteiger partial charge >= 0.3 is 11.9 Å². The fourth-order valence-electron chi connectivity index (χ4n) is 0.802. The van der Waals surface area contributed by atoms with E-state index in [1.165, 1.54) is 13.8 Å². The molecule has 0 aromatic heterocycles. The lowest BCUT2D eigenvalue weighted by Gasteiger charge is -2.14. The molecule has 0 aromatic rings. The van der Waals surface area contributed by atoms with Crippen LogP contribution < -0.4 is 5.32 Å². The van der Waals surface area contributed by atoms with Gasteiger partial charge in [0.05, 0.1) is 12.8 Å². The van der Waals surface area contributed by atoms with Gasteiger partial charge in [-0.2, -0.15) is 0 Å². The first-order valence-corrected chi connectivity index (χ1v) is 4.70. The molecule has 16 heavy (non-hydrogen) atoms. The molecule has 0 rings (SSSR count). The fraction of sp³-hybridized carbons (Fsp3) is 0.500. The molecule has 1 amide bonds. The number of carboxylic acids is 1. The molecule has 0 bridgehead atoms. The number of rotatable bonds is 6. The Morgan fingerprint density at radius 1 is 1.38 bits per heavy atom. The first-order valence-electron chi connectivity index (χ1n) is 4.70. The zero-order chi connectivity index (χ0) is 12.7. The summed E-state index contributed by atoms with van der Waals surface area (Å²) in [5.74, 6) is -2.16. The van der Waals surface area contributed by atoms with Crippen molar-refractivity contribution in [3.63, 3.8) is 0 Å². The van der Waals surface area contributed by atoms with Crippen LogP contribution in [0, 0.1) is 0 Å². The second kappa shape index (κ2) is 6.60. The van der Waals surface area contributed by atoms with Crippen LogP contribution >= 0.6 is 0 Å². The SMILES string of the molecule is C=C(C)C(=O)NC(C)OC(=O)CCC(=O)O. The van der Waals surface area contributed by atoms with Crippen molar-refractivity contribution in [2.45, 2.75) is 32.9 Å². The molecule has 0 saturated carbocycles. The standard InChI is InChI=1S/C10H15NO5/c1-6(2)10(15)11-7(3)16-9(14)5-4-8(12)13/h7H,1,4-5H2,2-3H3,(H,11,15)(H,12,13). The van der Waals surface area contributed by atoms with Crippen LogP contribution in [0.2, 0.25) is 0 Å². The second-order valence-electron chi connectivity index (χ2n) is 3.28. The van der Waals surface area contributed by atoms with Crippen molar-refractivity contribution in [2.75, 3.05) is 0 Å². The number of hydrogen-bond donors (Lipinski definition) is 2. The van der Waals surface area contributed by atoms with Gasteiger partial charge in [-0.3, -0.25) is 14.4 Å². The van der Waals surface area contributed by atoms with Crippen LogP contribution in [-0.2, 0) is 19.1 Å². The summed E-state index contributed by atoms with van der Waals surface area (Å²) in [7, 11) is 0. The van der Waals surface area contributed by atoms with Gasteiger partial charge in [0.15, 0.2) is 6.23 Å². The Bertz CT molecular complexity index is 310. The third-order valence-corrected chi connectivity index (χ3v) is 1.57. The maximum absolute atomic E-state index is 11.1. The van der Waals surface area contributed by atoms with E-state index in [-0.39, 0.29) is 12.8 Å². The molecule has 0 radical (unpaired) electrons. The van der Waals surface area contributed by atoms with E-state index in [0.717, 1.165) is 0 Å². The monoisotopic (exact) mass is 229 g/mol. The van der Waals surface area contributed by atoms with E-state index in [4.69, 9.17) is 9.84 Å². The molecule has 6 heteroatoms. The minimum Gasteiger partial charge on any atom is -0.481 e. The summed E-state index contributed by atoms with van der Waals surface area (Å²) in [6.45, 7) is 6.41.